The Labute approximate surface area is 127 Å². The smallest absolute Gasteiger partial charge is 0.227 e. The van der Waals surface area contributed by atoms with Crippen LogP contribution in [-0.4, -0.2) is 14.3 Å². The van der Waals surface area contributed by atoms with Crippen LogP contribution in [0.25, 0.3) is 0 Å². The molecule has 1 rings (SSSR count). The summed E-state index contributed by atoms with van der Waals surface area (Å²) in [5.41, 5.74) is 1.28. The molecule has 0 saturated carbocycles. The number of nitrogens with one attached hydrogen (secondary N) is 1. The fourth-order valence-corrected chi connectivity index (χ4v) is 2.92. The highest BCUT2D eigenvalue weighted by atomic mass is 32.2. The van der Waals surface area contributed by atoms with E-state index in [-0.39, 0.29) is 17.6 Å². The lowest BCUT2D eigenvalue weighted by molar-refractivity contribution is -0.120. The minimum absolute atomic E-state index is 0.0258. The van der Waals surface area contributed by atoms with Gasteiger partial charge in [-0.15, -0.1) is 0 Å². The Kier molecular flexibility index (Phi) is 6.84. The third-order valence-corrected chi connectivity index (χ3v) is 3.97. The van der Waals surface area contributed by atoms with Gasteiger partial charge in [-0.05, 0) is 30.5 Å². The molecule has 0 heterocycles. The lowest BCUT2D eigenvalue weighted by atomic mass is 9.97. The standard InChI is InChI=1S/C15H24N2O3S/c1-3-5-13(6-4-2)15(18)17-14-9-7-12(8-10-14)11-21(16,19)20/h7-10,13H,3-6,11H2,1-2H3,(H,17,18)(H2,16,19,20). The number of carbonyl (C=O) groups excluding carboxylic acids is 1. The predicted molar refractivity (Wildman–Crippen MR) is 85.2 cm³/mol. The highest BCUT2D eigenvalue weighted by molar-refractivity contribution is 7.88. The average molecular weight is 312 g/mol. The maximum absolute atomic E-state index is 12.2. The summed E-state index contributed by atoms with van der Waals surface area (Å²) in [6, 6.07) is 6.73. The average Bonchev–Trinajstić information content (AvgIpc) is 2.39. The van der Waals surface area contributed by atoms with E-state index in [1.807, 2.05) is 0 Å². The molecule has 0 unspecified atom stereocenters. The number of hydrogen-bond donors (Lipinski definition) is 2. The molecule has 0 aliphatic heterocycles. The van der Waals surface area contributed by atoms with Crippen LogP contribution in [-0.2, 0) is 20.6 Å². The molecule has 5 nitrogen and oxygen atoms in total. The van der Waals surface area contributed by atoms with Crippen LogP contribution < -0.4 is 10.5 Å². The van der Waals surface area contributed by atoms with Crippen LogP contribution in [0, 0.1) is 5.92 Å². The molecule has 0 aromatic heterocycles. The molecule has 21 heavy (non-hydrogen) atoms. The van der Waals surface area contributed by atoms with E-state index in [0.717, 1.165) is 25.7 Å². The molecule has 6 heteroatoms. The molecule has 0 saturated heterocycles. The Morgan fingerprint density at radius 2 is 1.67 bits per heavy atom. The number of sulfonamides is 1. The van der Waals surface area contributed by atoms with Crippen LogP contribution in [0.4, 0.5) is 5.69 Å². The molecule has 0 radical (unpaired) electrons. The van der Waals surface area contributed by atoms with Gasteiger partial charge < -0.3 is 5.32 Å². The van der Waals surface area contributed by atoms with Gasteiger partial charge in [-0.25, -0.2) is 13.6 Å². The lowest BCUT2D eigenvalue weighted by Gasteiger charge is -2.15. The quantitative estimate of drug-likeness (QED) is 0.773. The summed E-state index contributed by atoms with van der Waals surface area (Å²) in [7, 11) is -3.53. The maximum atomic E-state index is 12.2. The van der Waals surface area contributed by atoms with Crippen molar-refractivity contribution in [3.63, 3.8) is 0 Å². The largest absolute Gasteiger partial charge is 0.326 e. The van der Waals surface area contributed by atoms with Crippen molar-refractivity contribution in [1.29, 1.82) is 0 Å². The van der Waals surface area contributed by atoms with E-state index in [0.29, 0.717) is 11.3 Å². The Balaban J connectivity index is 2.68. The summed E-state index contributed by atoms with van der Waals surface area (Å²) in [6.07, 6.45) is 3.71. The normalized spacial score (nSPS) is 11.6. The lowest BCUT2D eigenvalue weighted by Crippen LogP contribution is -2.22. The Morgan fingerprint density at radius 3 is 2.10 bits per heavy atom. The van der Waals surface area contributed by atoms with Gasteiger partial charge in [0.25, 0.3) is 0 Å². The number of hydrogen-bond acceptors (Lipinski definition) is 3. The van der Waals surface area contributed by atoms with Crippen molar-refractivity contribution in [3.05, 3.63) is 29.8 Å². The first-order chi connectivity index (χ1) is 9.85. The predicted octanol–water partition coefficient (Wildman–Crippen LogP) is 2.63. The van der Waals surface area contributed by atoms with Crippen LogP contribution in [0.15, 0.2) is 24.3 Å². The highest BCUT2D eigenvalue weighted by Crippen LogP contribution is 2.17. The van der Waals surface area contributed by atoms with Crippen LogP contribution in [0.3, 0.4) is 0 Å². The van der Waals surface area contributed by atoms with Gasteiger partial charge >= 0.3 is 0 Å². The van der Waals surface area contributed by atoms with Crippen LogP contribution >= 0.6 is 0 Å². The number of primary sulfonamides is 1. The van der Waals surface area contributed by atoms with Gasteiger partial charge in [-0.2, -0.15) is 0 Å². The number of nitrogens with two attached hydrogens (primary N) is 1. The zero-order valence-corrected chi connectivity index (χ0v) is 13.4. The highest BCUT2D eigenvalue weighted by Gasteiger charge is 2.16. The summed E-state index contributed by atoms with van der Waals surface area (Å²) in [4.78, 5) is 12.2. The van der Waals surface area contributed by atoms with Crippen molar-refractivity contribution < 1.29 is 13.2 Å². The number of anilines is 1. The second-order valence-electron chi connectivity index (χ2n) is 5.27. The van der Waals surface area contributed by atoms with Crippen molar-refractivity contribution in [2.45, 2.75) is 45.3 Å². The van der Waals surface area contributed by atoms with E-state index < -0.39 is 10.0 Å². The van der Waals surface area contributed by atoms with Crippen LogP contribution in [0.5, 0.6) is 0 Å². The molecule has 118 valence electrons. The first-order valence-corrected chi connectivity index (χ1v) is 8.97. The molecule has 3 N–H and O–H groups in total. The molecule has 1 aromatic carbocycles. The molecule has 0 bridgehead atoms. The SMILES string of the molecule is CCCC(CCC)C(=O)Nc1ccc(CS(N)(=O)=O)cc1. The van der Waals surface area contributed by atoms with Gasteiger partial charge in [0.05, 0.1) is 5.75 Å². The third-order valence-electron chi connectivity index (χ3n) is 3.23. The van der Waals surface area contributed by atoms with Crippen molar-refractivity contribution in [2.24, 2.45) is 11.1 Å². The Bertz CT molecular complexity index is 547. The molecule has 1 aromatic rings. The molecular formula is C15H24N2O3S. The van der Waals surface area contributed by atoms with E-state index in [2.05, 4.69) is 19.2 Å². The molecule has 1 amide bonds. The zero-order chi connectivity index (χ0) is 15.9. The van der Waals surface area contributed by atoms with Crippen LogP contribution in [0.2, 0.25) is 0 Å². The fourth-order valence-electron chi connectivity index (χ4n) is 2.26. The molecule has 0 spiro atoms. The fraction of sp³-hybridized carbons (Fsp3) is 0.533. The summed E-state index contributed by atoms with van der Waals surface area (Å²) < 4.78 is 22.0. The Hall–Kier alpha value is -1.40. The molecule has 0 aliphatic carbocycles. The van der Waals surface area contributed by atoms with E-state index in [4.69, 9.17) is 5.14 Å². The zero-order valence-electron chi connectivity index (χ0n) is 12.6. The van der Waals surface area contributed by atoms with Gasteiger partial charge in [-0.1, -0.05) is 38.8 Å². The summed E-state index contributed by atoms with van der Waals surface area (Å²) in [5, 5.41) is 7.88. The van der Waals surface area contributed by atoms with Gasteiger partial charge in [0.1, 0.15) is 0 Å². The first-order valence-electron chi connectivity index (χ1n) is 7.26. The van der Waals surface area contributed by atoms with Crippen LogP contribution in [0.1, 0.15) is 45.1 Å². The Morgan fingerprint density at radius 1 is 1.14 bits per heavy atom. The molecule has 0 fully saturated rings. The number of carbonyl (C=O) groups is 1. The van der Waals surface area contributed by atoms with Crippen molar-refractivity contribution in [1.82, 2.24) is 0 Å². The van der Waals surface area contributed by atoms with Crippen molar-refractivity contribution in [2.75, 3.05) is 5.32 Å². The summed E-state index contributed by atoms with van der Waals surface area (Å²) in [5.74, 6) is -0.141. The van der Waals surface area contributed by atoms with Crippen molar-refractivity contribution >= 4 is 21.6 Å². The number of benzene rings is 1. The molecular weight excluding hydrogens is 288 g/mol. The van der Waals surface area contributed by atoms with E-state index in [1.165, 1.54) is 0 Å². The summed E-state index contributed by atoms with van der Waals surface area (Å²) >= 11 is 0. The minimum atomic E-state index is -3.53. The van der Waals surface area contributed by atoms with Gasteiger partial charge in [0.2, 0.25) is 15.9 Å². The van der Waals surface area contributed by atoms with Gasteiger partial charge in [0, 0.05) is 11.6 Å². The number of amides is 1. The maximum Gasteiger partial charge on any atom is 0.227 e. The monoisotopic (exact) mass is 312 g/mol. The molecule has 0 aliphatic rings. The van der Waals surface area contributed by atoms with E-state index in [9.17, 15) is 13.2 Å². The second kappa shape index (κ2) is 8.14. The van der Waals surface area contributed by atoms with Gasteiger partial charge in [-0.3, -0.25) is 4.79 Å². The van der Waals surface area contributed by atoms with Crippen molar-refractivity contribution in [3.8, 4) is 0 Å². The topological polar surface area (TPSA) is 89.3 Å². The third kappa shape index (κ3) is 6.73. The molecule has 0 atom stereocenters. The summed E-state index contributed by atoms with van der Waals surface area (Å²) in [6.45, 7) is 4.13. The number of rotatable bonds is 8. The van der Waals surface area contributed by atoms with E-state index in [1.54, 1.807) is 24.3 Å². The van der Waals surface area contributed by atoms with Gasteiger partial charge in [0.15, 0.2) is 0 Å². The van der Waals surface area contributed by atoms with E-state index >= 15 is 0 Å². The second-order valence-corrected chi connectivity index (χ2v) is 6.88. The first kappa shape index (κ1) is 17.7. The minimum Gasteiger partial charge on any atom is -0.326 e.